The van der Waals surface area contributed by atoms with E-state index in [2.05, 4.69) is 17.3 Å². The fourth-order valence-electron chi connectivity index (χ4n) is 4.05. The van der Waals surface area contributed by atoms with Crippen LogP contribution in [-0.4, -0.2) is 66.8 Å². The Labute approximate surface area is 141 Å². The summed E-state index contributed by atoms with van der Waals surface area (Å²) in [4.78, 5) is 16.5. The first-order chi connectivity index (χ1) is 11.2. The van der Waals surface area contributed by atoms with E-state index in [-0.39, 0.29) is 12.6 Å². The standard InChI is InChI=1S/C18H35N3O2/c1-20-12-5-8-17(20)9-11-19-18(23)21(14-15-22)13-10-16-6-3-2-4-7-16/h16-17,22H,2-15H2,1H3,(H,19,23). The van der Waals surface area contributed by atoms with Gasteiger partial charge in [0.2, 0.25) is 0 Å². The highest BCUT2D eigenvalue weighted by Gasteiger charge is 2.21. The monoisotopic (exact) mass is 325 g/mol. The zero-order chi connectivity index (χ0) is 16.5. The van der Waals surface area contributed by atoms with Gasteiger partial charge in [-0.25, -0.2) is 4.79 Å². The Hall–Kier alpha value is -0.810. The predicted molar refractivity (Wildman–Crippen MR) is 93.5 cm³/mol. The maximum atomic E-state index is 12.4. The fraction of sp³-hybridized carbons (Fsp3) is 0.944. The van der Waals surface area contributed by atoms with Gasteiger partial charge in [-0.15, -0.1) is 0 Å². The van der Waals surface area contributed by atoms with Crippen molar-refractivity contribution in [1.29, 1.82) is 0 Å². The molecule has 2 N–H and O–H groups in total. The van der Waals surface area contributed by atoms with Crippen LogP contribution in [0.4, 0.5) is 4.79 Å². The molecule has 2 amide bonds. The normalized spacial score (nSPS) is 23.1. The molecule has 2 rings (SSSR count). The molecule has 1 aliphatic heterocycles. The van der Waals surface area contributed by atoms with Gasteiger partial charge in [-0.3, -0.25) is 0 Å². The SMILES string of the molecule is CN1CCCC1CCNC(=O)N(CCO)CCC1CCCCC1. The molecule has 0 aromatic heterocycles. The minimum Gasteiger partial charge on any atom is -0.395 e. The number of nitrogens with zero attached hydrogens (tertiary/aromatic N) is 2. The van der Waals surface area contributed by atoms with Crippen molar-refractivity contribution in [3.8, 4) is 0 Å². The van der Waals surface area contributed by atoms with Gasteiger partial charge in [0.05, 0.1) is 6.61 Å². The van der Waals surface area contributed by atoms with Crippen LogP contribution in [0.15, 0.2) is 0 Å². The highest BCUT2D eigenvalue weighted by molar-refractivity contribution is 5.74. The lowest BCUT2D eigenvalue weighted by atomic mass is 9.87. The first kappa shape index (κ1) is 18.5. The summed E-state index contributed by atoms with van der Waals surface area (Å²) >= 11 is 0. The van der Waals surface area contributed by atoms with Gasteiger partial charge in [0.1, 0.15) is 0 Å². The molecule has 1 atom stereocenters. The van der Waals surface area contributed by atoms with Gasteiger partial charge in [-0.2, -0.15) is 0 Å². The van der Waals surface area contributed by atoms with Gasteiger partial charge < -0.3 is 20.2 Å². The summed E-state index contributed by atoms with van der Waals surface area (Å²) in [5, 5.41) is 12.3. The van der Waals surface area contributed by atoms with Crippen molar-refractivity contribution in [3.63, 3.8) is 0 Å². The Balaban J connectivity index is 1.67. The van der Waals surface area contributed by atoms with Crippen LogP contribution in [0.1, 0.15) is 57.8 Å². The first-order valence-electron chi connectivity index (χ1n) is 9.54. The van der Waals surface area contributed by atoms with Crippen LogP contribution < -0.4 is 5.32 Å². The second kappa shape index (κ2) is 10.1. The van der Waals surface area contributed by atoms with Gasteiger partial charge in [0, 0.05) is 25.7 Å². The van der Waals surface area contributed by atoms with Crippen molar-refractivity contribution in [1.82, 2.24) is 15.1 Å². The molecule has 0 aromatic rings. The second-order valence-corrected chi connectivity index (χ2v) is 7.30. The third-order valence-electron chi connectivity index (χ3n) is 5.61. The van der Waals surface area contributed by atoms with E-state index in [0.717, 1.165) is 31.8 Å². The van der Waals surface area contributed by atoms with E-state index in [4.69, 9.17) is 0 Å². The fourth-order valence-corrected chi connectivity index (χ4v) is 4.05. The van der Waals surface area contributed by atoms with Crippen molar-refractivity contribution in [2.24, 2.45) is 5.92 Å². The zero-order valence-electron chi connectivity index (χ0n) is 14.8. The Kier molecular flexibility index (Phi) is 8.17. The highest BCUT2D eigenvalue weighted by atomic mass is 16.3. The third-order valence-corrected chi connectivity index (χ3v) is 5.61. The molecule has 1 unspecified atom stereocenters. The van der Waals surface area contributed by atoms with Gasteiger partial charge in [0.25, 0.3) is 0 Å². The molecular formula is C18H35N3O2. The lowest BCUT2D eigenvalue weighted by molar-refractivity contribution is 0.168. The van der Waals surface area contributed by atoms with E-state index in [0.29, 0.717) is 12.6 Å². The molecular weight excluding hydrogens is 290 g/mol. The summed E-state index contributed by atoms with van der Waals surface area (Å²) in [6, 6.07) is 0.611. The first-order valence-corrected chi connectivity index (χ1v) is 9.54. The molecule has 5 nitrogen and oxygen atoms in total. The number of rotatable bonds is 8. The van der Waals surface area contributed by atoms with E-state index >= 15 is 0 Å². The van der Waals surface area contributed by atoms with Crippen molar-refractivity contribution in [2.75, 3.05) is 39.8 Å². The van der Waals surface area contributed by atoms with Crippen LogP contribution in [0.2, 0.25) is 0 Å². The molecule has 0 radical (unpaired) electrons. The number of nitrogens with one attached hydrogen (secondary N) is 1. The maximum absolute atomic E-state index is 12.4. The molecule has 23 heavy (non-hydrogen) atoms. The Morgan fingerprint density at radius 3 is 2.57 bits per heavy atom. The molecule has 1 heterocycles. The molecule has 0 spiro atoms. The van der Waals surface area contributed by atoms with Gasteiger partial charge in [-0.05, 0) is 45.2 Å². The number of aliphatic hydroxyl groups is 1. The molecule has 134 valence electrons. The topological polar surface area (TPSA) is 55.8 Å². The predicted octanol–water partition coefficient (Wildman–Crippen LogP) is 2.44. The summed E-state index contributed by atoms with van der Waals surface area (Å²) < 4.78 is 0. The highest BCUT2D eigenvalue weighted by Crippen LogP contribution is 2.26. The summed E-state index contributed by atoms with van der Waals surface area (Å²) in [6.45, 7) is 3.18. The van der Waals surface area contributed by atoms with Crippen molar-refractivity contribution >= 4 is 6.03 Å². The number of hydrogen-bond acceptors (Lipinski definition) is 3. The number of urea groups is 1. The van der Waals surface area contributed by atoms with Gasteiger partial charge >= 0.3 is 6.03 Å². The molecule has 1 saturated heterocycles. The van der Waals surface area contributed by atoms with E-state index in [9.17, 15) is 9.90 Å². The Bertz CT molecular complexity index is 345. The van der Waals surface area contributed by atoms with Gasteiger partial charge in [-0.1, -0.05) is 32.1 Å². The smallest absolute Gasteiger partial charge is 0.317 e. The van der Waals surface area contributed by atoms with E-state index < -0.39 is 0 Å². The number of amides is 2. The largest absolute Gasteiger partial charge is 0.395 e. The summed E-state index contributed by atoms with van der Waals surface area (Å²) in [5.41, 5.74) is 0. The maximum Gasteiger partial charge on any atom is 0.317 e. The lowest BCUT2D eigenvalue weighted by Crippen LogP contribution is -2.43. The molecule has 2 aliphatic rings. The van der Waals surface area contributed by atoms with Crippen LogP contribution in [0.25, 0.3) is 0 Å². The van der Waals surface area contributed by atoms with Crippen LogP contribution in [0.5, 0.6) is 0 Å². The van der Waals surface area contributed by atoms with E-state index in [1.54, 1.807) is 4.90 Å². The zero-order valence-corrected chi connectivity index (χ0v) is 14.8. The summed E-state index contributed by atoms with van der Waals surface area (Å²) in [5.74, 6) is 0.768. The van der Waals surface area contributed by atoms with Crippen LogP contribution in [0, 0.1) is 5.92 Å². The van der Waals surface area contributed by atoms with Crippen LogP contribution >= 0.6 is 0 Å². The minimum atomic E-state index is -0.00416. The quantitative estimate of drug-likeness (QED) is 0.721. The van der Waals surface area contributed by atoms with Crippen molar-refractivity contribution in [2.45, 2.75) is 63.8 Å². The summed E-state index contributed by atoms with van der Waals surface area (Å²) in [6.07, 6.45) is 11.3. The molecule has 0 bridgehead atoms. The van der Waals surface area contributed by atoms with E-state index in [1.165, 1.54) is 51.5 Å². The van der Waals surface area contributed by atoms with E-state index in [1.807, 2.05) is 0 Å². The van der Waals surface area contributed by atoms with Crippen molar-refractivity contribution in [3.05, 3.63) is 0 Å². The van der Waals surface area contributed by atoms with Gasteiger partial charge in [0.15, 0.2) is 0 Å². The average molecular weight is 325 g/mol. The minimum absolute atomic E-state index is 0.00416. The molecule has 1 aliphatic carbocycles. The Morgan fingerprint density at radius 2 is 1.91 bits per heavy atom. The second-order valence-electron chi connectivity index (χ2n) is 7.30. The number of carbonyl (C=O) groups excluding carboxylic acids is 1. The molecule has 1 saturated carbocycles. The Morgan fingerprint density at radius 1 is 1.13 bits per heavy atom. The average Bonchev–Trinajstić information content (AvgIpc) is 2.97. The van der Waals surface area contributed by atoms with Crippen molar-refractivity contribution < 1.29 is 9.90 Å². The van der Waals surface area contributed by atoms with Crippen LogP contribution in [-0.2, 0) is 0 Å². The summed E-state index contributed by atoms with van der Waals surface area (Å²) in [7, 11) is 2.17. The third kappa shape index (κ3) is 6.30. The number of aliphatic hydroxyl groups excluding tert-OH is 1. The number of likely N-dealkylation sites (tertiary alicyclic amines) is 1. The number of hydrogen-bond donors (Lipinski definition) is 2. The lowest BCUT2D eigenvalue weighted by Gasteiger charge is -2.27. The van der Waals surface area contributed by atoms with Crippen LogP contribution in [0.3, 0.4) is 0 Å². The number of carbonyl (C=O) groups is 1. The molecule has 5 heteroatoms. The molecule has 0 aromatic carbocycles. The molecule has 2 fully saturated rings.